The SMILES string of the molecule is CC1=CCc2nc(-c3ccccc3)[nH]c(=O)c21.CC1=CCc2nc(-c3ccccc3)nc(Cl)c21. The van der Waals surface area contributed by atoms with E-state index in [1.165, 1.54) is 5.57 Å². The number of hydrogen-bond acceptors (Lipinski definition) is 4. The second-order valence-electron chi connectivity index (χ2n) is 8.31. The van der Waals surface area contributed by atoms with Crippen molar-refractivity contribution in [2.45, 2.75) is 26.7 Å². The number of aromatic amines is 1. The zero-order valence-electron chi connectivity index (χ0n) is 19.0. The predicted molar refractivity (Wildman–Crippen MR) is 137 cm³/mol. The van der Waals surface area contributed by atoms with Gasteiger partial charge in [-0.3, -0.25) is 4.79 Å². The van der Waals surface area contributed by atoms with Crippen LogP contribution in [0.5, 0.6) is 0 Å². The number of rotatable bonds is 2. The number of nitrogens with zero attached hydrogens (tertiary/aromatic N) is 3. The van der Waals surface area contributed by atoms with Crippen molar-refractivity contribution in [1.29, 1.82) is 0 Å². The molecule has 2 aromatic heterocycles. The van der Waals surface area contributed by atoms with E-state index in [2.05, 4.69) is 26.0 Å². The molecule has 4 aromatic rings. The molecule has 34 heavy (non-hydrogen) atoms. The smallest absolute Gasteiger partial charge is 0.258 e. The number of fused-ring (bicyclic) bond motifs is 2. The van der Waals surface area contributed by atoms with Crippen LogP contribution in [0.15, 0.2) is 77.6 Å². The molecular formula is C28H23ClN4O. The van der Waals surface area contributed by atoms with Crippen molar-refractivity contribution >= 4 is 22.7 Å². The Morgan fingerprint density at radius 3 is 1.94 bits per heavy atom. The minimum atomic E-state index is -0.0416. The van der Waals surface area contributed by atoms with Crippen LogP contribution in [-0.2, 0) is 12.8 Å². The first-order valence-corrected chi connectivity index (χ1v) is 11.5. The molecule has 1 N–H and O–H groups in total. The minimum Gasteiger partial charge on any atom is -0.306 e. The highest BCUT2D eigenvalue weighted by Gasteiger charge is 2.19. The molecule has 0 spiro atoms. The first-order chi connectivity index (χ1) is 16.5. The van der Waals surface area contributed by atoms with Gasteiger partial charge in [0.25, 0.3) is 5.56 Å². The molecule has 2 aromatic carbocycles. The Morgan fingerprint density at radius 2 is 1.29 bits per heavy atom. The van der Waals surface area contributed by atoms with Crippen LogP contribution < -0.4 is 5.56 Å². The van der Waals surface area contributed by atoms with Gasteiger partial charge in [-0.05, 0) is 25.0 Å². The van der Waals surface area contributed by atoms with Crippen LogP contribution in [0.1, 0.15) is 36.4 Å². The lowest BCUT2D eigenvalue weighted by Crippen LogP contribution is -2.15. The molecule has 0 aliphatic heterocycles. The van der Waals surface area contributed by atoms with Crippen LogP contribution in [0, 0.1) is 0 Å². The number of aromatic nitrogens is 4. The van der Waals surface area contributed by atoms with Crippen molar-refractivity contribution in [2.24, 2.45) is 0 Å². The standard InChI is InChI=1S/C14H11ClN2.C14H12N2O/c1-9-7-8-11-12(9)13(15)17-14(16-11)10-5-3-2-4-6-10;1-9-7-8-11-12(9)14(17)16-13(15-11)10-5-3-2-4-6-10/h2-7H,8H2,1H3;2-7H,8H2,1H3,(H,15,16,17). The summed E-state index contributed by atoms with van der Waals surface area (Å²) in [6.45, 7) is 3.99. The van der Waals surface area contributed by atoms with Crippen molar-refractivity contribution in [3.63, 3.8) is 0 Å². The Hall–Kier alpha value is -3.83. The number of benzene rings is 2. The van der Waals surface area contributed by atoms with E-state index >= 15 is 0 Å². The highest BCUT2D eigenvalue weighted by Crippen LogP contribution is 2.32. The van der Waals surface area contributed by atoms with Gasteiger partial charge in [-0.1, -0.05) is 84.4 Å². The van der Waals surface area contributed by atoms with Gasteiger partial charge >= 0.3 is 0 Å². The first-order valence-electron chi connectivity index (χ1n) is 11.2. The van der Waals surface area contributed by atoms with Gasteiger partial charge in [0, 0.05) is 29.5 Å². The molecule has 6 heteroatoms. The highest BCUT2D eigenvalue weighted by atomic mass is 35.5. The quantitative estimate of drug-likeness (QED) is 0.359. The maximum atomic E-state index is 12.0. The fourth-order valence-corrected chi connectivity index (χ4v) is 4.58. The van der Waals surface area contributed by atoms with E-state index in [1.807, 2.05) is 80.6 Å². The monoisotopic (exact) mass is 466 g/mol. The number of hydrogen-bond donors (Lipinski definition) is 1. The lowest BCUT2D eigenvalue weighted by atomic mass is 10.1. The van der Waals surface area contributed by atoms with Crippen LogP contribution in [0.4, 0.5) is 0 Å². The van der Waals surface area contributed by atoms with Crippen LogP contribution in [-0.4, -0.2) is 19.9 Å². The summed E-state index contributed by atoms with van der Waals surface area (Å²) in [5.41, 5.74) is 7.75. The molecule has 0 saturated heterocycles. The van der Waals surface area contributed by atoms with Gasteiger partial charge in [0.2, 0.25) is 0 Å². The molecule has 2 aliphatic carbocycles. The molecular weight excluding hydrogens is 444 g/mol. The summed E-state index contributed by atoms with van der Waals surface area (Å²) in [5, 5.41) is 0.556. The van der Waals surface area contributed by atoms with Gasteiger partial charge in [-0.15, -0.1) is 0 Å². The van der Waals surface area contributed by atoms with Gasteiger partial charge in [0.1, 0.15) is 11.0 Å². The zero-order valence-corrected chi connectivity index (χ0v) is 19.7. The summed E-state index contributed by atoms with van der Waals surface area (Å²) in [4.78, 5) is 28.3. The number of halogens is 1. The van der Waals surface area contributed by atoms with Crippen molar-refractivity contribution < 1.29 is 0 Å². The molecule has 0 saturated carbocycles. The van der Waals surface area contributed by atoms with Crippen molar-refractivity contribution in [3.8, 4) is 22.8 Å². The van der Waals surface area contributed by atoms with Gasteiger partial charge < -0.3 is 4.98 Å². The molecule has 2 aliphatic rings. The van der Waals surface area contributed by atoms with Gasteiger partial charge in [0.15, 0.2) is 5.82 Å². The molecule has 168 valence electrons. The molecule has 0 bridgehead atoms. The molecule has 6 rings (SSSR count). The summed E-state index contributed by atoms with van der Waals surface area (Å²) >= 11 is 6.23. The average Bonchev–Trinajstić information content (AvgIpc) is 3.43. The second kappa shape index (κ2) is 9.20. The van der Waals surface area contributed by atoms with E-state index in [4.69, 9.17) is 11.6 Å². The summed E-state index contributed by atoms with van der Waals surface area (Å²) in [5.74, 6) is 1.36. The van der Waals surface area contributed by atoms with E-state index < -0.39 is 0 Å². The van der Waals surface area contributed by atoms with Crippen LogP contribution >= 0.6 is 11.6 Å². The van der Waals surface area contributed by atoms with E-state index in [1.54, 1.807) is 0 Å². The van der Waals surface area contributed by atoms with Crippen LogP contribution in [0.2, 0.25) is 5.15 Å². The maximum Gasteiger partial charge on any atom is 0.258 e. The van der Waals surface area contributed by atoms with Gasteiger partial charge in [-0.25, -0.2) is 15.0 Å². The third-order valence-electron chi connectivity index (χ3n) is 6.01. The molecule has 2 heterocycles. The van der Waals surface area contributed by atoms with E-state index in [-0.39, 0.29) is 5.56 Å². The van der Waals surface area contributed by atoms with Gasteiger partial charge in [-0.2, -0.15) is 0 Å². The number of H-pyrrole nitrogens is 1. The van der Waals surface area contributed by atoms with Crippen LogP contribution in [0.25, 0.3) is 33.9 Å². The van der Waals surface area contributed by atoms with E-state index in [0.717, 1.165) is 52.1 Å². The minimum absolute atomic E-state index is 0.0416. The third-order valence-corrected chi connectivity index (χ3v) is 6.28. The Balaban J connectivity index is 0.000000142. The molecule has 0 amide bonds. The first kappa shape index (κ1) is 22.0. The molecule has 0 fully saturated rings. The highest BCUT2D eigenvalue weighted by molar-refractivity contribution is 6.31. The van der Waals surface area contributed by atoms with E-state index in [9.17, 15) is 4.79 Å². The zero-order chi connectivity index (χ0) is 23.7. The fourth-order valence-electron chi connectivity index (χ4n) is 4.24. The summed E-state index contributed by atoms with van der Waals surface area (Å²) in [7, 11) is 0. The molecule has 5 nitrogen and oxygen atoms in total. The Labute approximate surface area is 202 Å². The Bertz CT molecular complexity index is 1490. The topological polar surface area (TPSA) is 71.5 Å². The number of allylic oxidation sites excluding steroid dienone is 4. The van der Waals surface area contributed by atoms with Crippen molar-refractivity contribution in [1.82, 2.24) is 19.9 Å². The molecule has 0 radical (unpaired) electrons. The Kier molecular flexibility index (Phi) is 5.95. The normalized spacial score (nSPS) is 13.4. The number of nitrogens with one attached hydrogen (secondary N) is 1. The summed E-state index contributed by atoms with van der Waals surface area (Å²) in [6.07, 6.45) is 5.79. The summed E-state index contributed by atoms with van der Waals surface area (Å²) < 4.78 is 0. The van der Waals surface area contributed by atoms with Crippen molar-refractivity contribution in [3.05, 3.63) is 111 Å². The largest absolute Gasteiger partial charge is 0.306 e. The molecule has 0 atom stereocenters. The van der Waals surface area contributed by atoms with E-state index in [0.29, 0.717) is 16.8 Å². The fraction of sp³-hybridized carbons (Fsp3) is 0.143. The third kappa shape index (κ3) is 4.22. The lowest BCUT2D eigenvalue weighted by Gasteiger charge is -2.06. The van der Waals surface area contributed by atoms with Crippen molar-refractivity contribution in [2.75, 3.05) is 0 Å². The van der Waals surface area contributed by atoms with Gasteiger partial charge in [0.05, 0.1) is 17.0 Å². The lowest BCUT2D eigenvalue weighted by molar-refractivity contribution is 1.04. The second-order valence-corrected chi connectivity index (χ2v) is 8.67. The maximum absolute atomic E-state index is 12.0. The molecule has 0 unspecified atom stereocenters. The van der Waals surface area contributed by atoms with Crippen LogP contribution in [0.3, 0.4) is 0 Å². The Morgan fingerprint density at radius 1 is 0.735 bits per heavy atom. The summed E-state index contributed by atoms with van der Waals surface area (Å²) in [6, 6.07) is 19.6. The predicted octanol–water partition coefficient (Wildman–Crippen LogP) is 6.15. The average molecular weight is 467 g/mol.